The van der Waals surface area contributed by atoms with Crippen LogP contribution in [0, 0.1) is 11.3 Å². The largest absolute Gasteiger partial charge is 0.381 e. The first kappa shape index (κ1) is 12.3. The highest BCUT2D eigenvalue weighted by Crippen LogP contribution is 2.42. The molecule has 0 aromatic rings. The van der Waals surface area contributed by atoms with E-state index in [4.69, 9.17) is 4.74 Å². The Hall–Kier alpha value is -0.120. The van der Waals surface area contributed by atoms with E-state index in [2.05, 4.69) is 24.5 Å². The second-order valence-corrected chi connectivity index (χ2v) is 5.94. The molecule has 0 aromatic carbocycles. The lowest BCUT2D eigenvalue weighted by Crippen LogP contribution is -2.60. The van der Waals surface area contributed by atoms with Gasteiger partial charge in [0.05, 0.1) is 6.10 Å². The average molecular weight is 226 g/mol. The van der Waals surface area contributed by atoms with Gasteiger partial charge >= 0.3 is 0 Å². The van der Waals surface area contributed by atoms with Gasteiger partial charge in [-0.05, 0) is 44.8 Å². The molecule has 0 spiro atoms. The van der Waals surface area contributed by atoms with Crippen LogP contribution in [0.3, 0.4) is 0 Å². The van der Waals surface area contributed by atoms with Crippen molar-refractivity contribution in [3.05, 3.63) is 0 Å². The molecule has 16 heavy (non-hydrogen) atoms. The highest BCUT2D eigenvalue weighted by atomic mass is 16.5. The van der Waals surface area contributed by atoms with Crippen molar-refractivity contribution >= 4 is 0 Å². The van der Waals surface area contributed by atoms with Gasteiger partial charge in [0.25, 0.3) is 0 Å². The second-order valence-electron chi connectivity index (χ2n) is 5.94. The molecule has 1 saturated carbocycles. The van der Waals surface area contributed by atoms with Crippen molar-refractivity contribution in [2.45, 2.75) is 45.3 Å². The van der Waals surface area contributed by atoms with Gasteiger partial charge in [-0.3, -0.25) is 0 Å². The molecule has 3 nitrogen and oxygen atoms in total. The van der Waals surface area contributed by atoms with E-state index < -0.39 is 0 Å². The fraction of sp³-hybridized carbons (Fsp3) is 1.00. The lowest BCUT2D eigenvalue weighted by molar-refractivity contribution is -0.0974. The van der Waals surface area contributed by atoms with Gasteiger partial charge in [0.2, 0.25) is 0 Å². The molecule has 2 aliphatic rings. The molecular weight excluding hydrogens is 200 g/mol. The number of methoxy groups -OCH3 is 1. The molecule has 3 atom stereocenters. The summed E-state index contributed by atoms with van der Waals surface area (Å²) >= 11 is 0. The van der Waals surface area contributed by atoms with E-state index in [1.54, 1.807) is 0 Å². The number of hydrogen-bond donors (Lipinski definition) is 2. The van der Waals surface area contributed by atoms with E-state index >= 15 is 0 Å². The lowest BCUT2D eigenvalue weighted by atomic mass is 9.64. The zero-order valence-corrected chi connectivity index (χ0v) is 10.9. The maximum Gasteiger partial charge on any atom is 0.0652 e. The van der Waals surface area contributed by atoms with E-state index in [1.807, 2.05) is 7.11 Å². The van der Waals surface area contributed by atoms with Crippen LogP contribution >= 0.6 is 0 Å². The van der Waals surface area contributed by atoms with Gasteiger partial charge in [0.1, 0.15) is 0 Å². The van der Waals surface area contributed by atoms with Crippen LogP contribution in [0.25, 0.3) is 0 Å². The summed E-state index contributed by atoms with van der Waals surface area (Å²) in [6, 6.07) is 0.645. The Labute approximate surface area is 99.3 Å². The van der Waals surface area contributed by atoms with Crippen molar-refractivity contribution in [2.24, 2.45) is 11.3 Å². The predicted molar refractivity (Wildman–Crippen MR) is 66.6 cm³/mol. The molecule has 1 aliphatic carbocycles. The van der Waals surface area contributed by atoms with Gasteiger partial charge in [-0.2, -0.15) is 0 Å². The normalized spacial score (nSPS) is 37.3. The summed E-state index contributed by atoms with van der Waals surface area (Å²) in [5.74, 6) is 0.897. The molecule has 2 N–H and O–H groups in total. The Morgan fingerprint density at radius 3 is 2.81 bits per heavy atom. The van der Waals surface area contributed by atoms with Gasteiger partial charge in [0, 0.05) is 18.6 Å². The summed E-state index contributed by atoms with van der Waals surface area (Å²) in [6.45, 7) is 8.21. The van der Waals surface area contributed by atoms with Gasteiger partial charge in [-0.1, -0.05) is 13.8 Å². The first-order valence-electron chi connectivity index (χ1n) is 6.61. The summed E-state index contributed by atoms with van der Waals surface area (Å²) in [4.78, 5) is 0. The molecular formula is C13H26N2O. The minimum Gasteiger partial charge on any atom is -0.381 e. The first-order chi connectivity index (χ1) is 7.64. The van der Waals surface area contributed by atoms with E-state index in [-0.39, 0.29) is 0 Å². The fourth-order valence-electron chi connectivity index (χ4n) is 3.05. The average Bonchev–Trinajstić information content (AvgIpc) is 2.75. The van der Waals surface area contributed by atoms with Gasteiger partial charge in [-0.25, -0.2) is 0 Å². The highest BCUT2D eigenvalue weighted by molar-refractivity contribution is 5.02. The quantitative estimate of drug-likeness (QED) is 0.743. The van der Waals surface area contributed by atoms with Gasteiger partial charge in [-0.15, -0.1) is 0 Å². The van der Waals surface area contributed by atoms with Crippen LogP contribution in [-0.2, 0) is 4.74 Å². The molecule has 2 fully saturated rings. The van der Waals surface area contributed by atoms with Crippen LogP contribution in [0.4, 0.5) is 0 Å². The molecule has 1 heterocycles. The van der Waals surface area contributed by atoms with Crippen LogP contribution in [-0.4, -0.2) is 38.9 Å². The Kier molecular flexibility index (Phi) is 3.88. The molecule has 0 aromatic heterocycles. The van der Waals surface area contributed by atoms with Crippen LogP contribution in [0.2, 0.25) is 0 Å². The van der Waals surface area contributed by atoms with E-state index in [0.29, 0.717) is 17.6 Å². The zero-order chi connectivity index (χ0) is 11.6. The Morgan fingerprint density at radius 2 is 2.25 bits per heavy atom. The minimum absolute atomic E-state index is 0.308. The van der Waals surface area contributed by atoms with Gasteiger partial charge < -0.3 is 15.4 Å². The molecule has 94 valence electrons. The lowest BCUT2D eigenvalue weighted by Gasteiger charge is -2.51. The second kappa shape index (κ2) is 5.03. The van der Waals surface area contributed by atoms with Crippen molar-refractivity contribution in [3.8, 4) is 0 Å². The van der Waals surface area contributed by atoms with Crippen LogP contribution in [0.5, 0.6) is 0 Å². The maximum atomic E-state index is 5.46. The maximum absolute atomic E-state index is 5.46. The molecule has 1 aliphatic heterocycles. The molecule has 3 unspecified atom stereocenters. The summed E-state index contributed by atoms with van der Waals surface area (Å²) in [6.07, 6.45) is 4.29. The van der Waals surface area contributed by atoms with Gasteiger partial charge in [0.15, 0.2) is 0 Å². The van der Waals surface area contributed by atoms with Crippen molar-refractivity contribution in [1.29, 1.82) is 0 Å². The molecule has 0 amide bonds. The summed E-state index contributed by atoms with van der Waals surface area (Å²) in [5, 5.41) is 7.12. The zero-order valence-electron chi connectivity index (χ0n) is 10.9. The molecule has 1 saturated heterocycles. The fourth-order valence-corrected chi connectivity index (χ4v) is 3.05. The summed E-state index contributed by atoms with van der Waals surface area (Å²) in [7, 11) is 1.83. The Bertz CT molecular complexity index is 224. The number of ether oxygens (including phenoxy) is 1. The number of rotatable bonds is 5. The van der Waals surface area contributed by atoms with Crippen molar-refractivity contribution in [1.82, 2.24) is 10.6 Å². The topological polar surface area (TPSA) is 33.3 Å². The molecule has 0 radical (unpaired) electrons. The Balaban J connectivity index is 1.64. The smallest absolute Gasteiger partial charge is 0.0652 e. The van der Waals surface area contributed by atoms with Crippen LogP contribution in [0.1, 0.15) is 33.1 Å². The van der Waals surface area contributed by atoms with Crippen LogP contribution in [0.15, 0.2) is 0 Å². The highest BCUT2D eigenvalue weighted by Gasteiger charge is 2.48. The molecule has 0 bridgehead atoms. The van der Waals surface area contributed by atoms with Crippen molar-refractivity contribution in [2.75, 3.05) is 26.7 Å². The number of hydrogen-bond acceptors (Lipinski definition) is 3. The van der Waals surface area contributed by atoms with E-state index in [1.165, 1.54) is 32.4 Å². The van der Waals surface area contributed by atoms with E-state index in [9.17, 15) is 0 Å². The SMILES string of the molecule is COC1CC(NCCC2CCNC2)C1(C)C. The Morgan fingerprint density at radius 1 is 1.44 bits per heavy atom. The third-order valence-corrected chi connectivity index (χ3v) is 4.57. The standard InChI is InChI=1S/C13H26N2O/c1-13(2)11(8-12(13)16-3)15-7-5-10-4-6-14-9-10/h10-12,14-15H,4-9H2,1-3H3. The minimum atomic E-state index is 0.308. The monoisotopic (exact) mass is 226 g/mol. The summed E-state index contributed by atoms with van der Waals surface area (Å²) < 4.78 is 5.46. The van der Waals surface area contributed by atoms with Crippen molar-refractivity contribution < 1.29 is 4.74 Å². The third kappa shape index (κ3) is 2.41. The molecule has 3 heteroatoms. The first-order valence-corrected chi connectivity index (χ1v) is 6.61. The predicted octanol–water partition coefficient (Wildman–Crippen LogP) is 1.39. The number of nitrogens with one attached hydrogen (secondary N) is 2. The third-order valence-electron chi connectivity index (χ3n) is 4.57. The van der Waals surface area contributed by atoms with E-state index in [0.717, 1.165) is 12.5 Å². The van der Waals surface area contributed by atoms with Crippen LogP contribution < -0.4 is 10.6 Å². The van der Waals surface area contributed by atoms with Crippen molar-refractivity contribution in [3.63, 3.8) is 0 Å². The molecule has 2 rings (SSSR count). The summed E-state index contributed by atoms with van der Waals surface area (Å²) in [5.41, 5.74) is 0.308.